The second-order valence-corrected chi connectivity index (χ2v) is 6.00. The number of aryl methyl sites for hydroxylation is 1. The molecule has 0 radical (unpaired) electrons. The van der Waals surface area contributed by atoms with Gasteiger partial charge in [0.25, 0.3) is 5.91 Å². The summed E-state index contributed by atoms with van der Waals surface area (Å²) in [5.41, 5.74) is 1.44. The van der Waals surface area contributed by atoms with Crippen LogP contribution in [0.1, 0.15) is 41.6 Å². The van der Waals surface area contributed by atoms with Gasteiger partial charge in [0.1, 0.15) is 5.75 Å². The normalized spacial score (nSPS) is 21.9. The summed E-state index contributed by atoms with van der Waals surface area (Å²) >= 11 is 0. The zero-order valence-corrected chi connectivity index (χ0v) is 11.9. The number of rotatable bonds is 4. The van der Waals surface area contributed by atoms with E-state index in [4.69, 9.17) is 0 Å². The van der Waals surface area contributed by atoms with Gasteiger partial charge in [0, 0.05) is 18.6 Å². The van der Waals surface area contributed by atoms with E-state index in [9.17, 15) is 9.90 Å². The summed E-state index contributed by atoms with van der Waals surface area (Å²) in [5, 5.41) is 13.4. The number of benzene rings is 1. The van der Waals surface area contributed by atoms with Crippen molar-refractivity contribution in [2.24, 2.45) is 0 Å². The van der Waals surface area contributed by atoms with Gasteiger partial charge < -0.3 is 15.3 Å². The number of amides is 1. The number of phenolic OH excluding ortho intramolecular Hbond substituents is 1. The molecule has 2 aliphatic rings. The Hall–Kier alpha value is -1.55. The van der Waals surface area contributed by atoms with Crippen LogP contribution >= 0.6 is 0 Å². The average Bonchev–Trinajstić information content (AvgIpc) is 3.15. The third-order valence-electron chi connectivity index (χ3n) is 4.21. The standard InChI is InChI=1S/C16H22N2O2/c1-11-4-7-15(19)14(9-11)16(20)18(13-5-6-13)10-12-3-2-8-17-12/h4,7,9,12-13,17,19H,2-3,5-6,8,10H2,1H3. The lowest BCUT2D eigenvalue weighted by atomic mass is 10.1. The van der Waals surface area contributed by atoms with E-state index in [0.717, 1.165) is 37.9 Å². The van der Waals surface area contributed by atoms with Crippen LogP contribution in [0.5, 0.6) is 5.75 Å². The SMILES string of the molecule is Cc1ccc(O)c(C(=O)N(CC2CCCN2)C2CC2)c1. The minimum absolute atomic E-state index is 0.0256. The Labute approximate surface area is 119 Å². The number of nitrogens with zero attached hydrogens (tertiary/aromatic N) is 1. The Kier molecular flexibility index (Phi) is 3.66. The molecule has 0 aromatic heterocycles. The van der Waals surface area contributed by atoms with E-state index in [1.54, 1.807) is 12.1 Å². The van der Waals surface area contributed by atoms with Crippen molar-refractivity contribution in [3.63, 3.8) is 0 Å². The molecule has 108 valence electrons. The molecule has 3 rings (SSSR count). The van der Waals surface area contributed by atoms with Gasteiger partial charge in [-0.25, -0.2) is 0 Å². The van der Waals surface area contributed by atoms with Gasteiger partial charge in [0.2, 0.25) is 0 Å². The van der Waals surface area contributed by atoms with Crippen LogP contribution in [0.2, 0.25) is 0 Å². The molecule has 0 spiro atoms. The molecule has 1 saturated heterocycles. The quantitative estimate of drug-likeness (QED) is 0.883. The molecule has 4 nitrogen and oxygen atoms in total. The van der Waals surface area contributed by atoms with Gasteiger partial charge in [0.15, 0.2) is 0 Å². The summed E-state index contributed by atoms with van der Waals surface area (Å²) in [6, 6.07) is 6.00. The van der Waals surface area contributed by atoms with E-state index >= 15 is 0 Å². The summed E-state index contributed by atoms with van der Waals surface area (Å²) in [7, 11) is 0. The topological polar surface area (TPSA) is 52.6 Å². The first kappa shape index (κ1) is 13.4. The Morgan fingerprint density at radius 2 is 2.20 bits per heavy atom. The van der Waals surface area contributed by atoms with Gasteiger partial charge in [-0.15, -0.1) is 0 Å². The predicted molar refractivity (Wildman–Crippen MR) is 77.9 cm³/mol. The van der Waals surface area contributed by atoms with Gasteiger partial charge in [-0.05, 0) is 51.3 Å². The number of nitrogens with one attached hydrogen (secondary N) is 1. The fraction of sp³-hybridized carbons (Fsp3) is 0.562. The zero-order valence-electron chi connectivity index (χ0n) is 11.9. The van der Waals surface area contributed by atoms with E-state index in [0.29, 0.717) is 17.6 Å². The van der Waals surface area contributed by atoms with Crippen LogP contribution in [0, 0.1) is 6.92 Å². The van der Waals surface area contributed by atoms with Gasteiger partial charge in [-0.1, -0.05) is 11.6 Å². The van der Waals surface area contributed by atoms with Crippen LogP contribution in [-0.4, -0.2) is 41.1 Å². The molecular weight excluding hydrogens is 252 g/mol. The molecule has 1 unspecified atom stereocenters. The summed E-state index contributed by atoms with van der Waals surface area (Å²) in [5.74, 6) is 0.0630. The van der Waals surface area contributed by atoms with Gasteiger partial charge in [-0.2, -0.15) is 0 Å². The zero-order chi connectivity index (χ0) is 14.1. The molecule has 1 atom stereocenters. The van der Waals surface area contributed by atoms with Crippen LogP contribution in [0.3, 0.4) is 0 Å². The Bertz CT molecular complexity index is 505. The first-order valence-corrected chi connectivity index (χ1v) is 7.49. The highest BCUT2D eigenvalue weighted by atomic mass is 16.3. The van der Waals surface area contributed by atoms with Crippen LogP contribution in [0.25, 0.3) is 0 Å². The van der Waals surface area contributed by atoms with Crippen molar-refractivity contribution in [3.05, 3.63) is 29.3 Å². The number of carbonyl (C=O) groups excluding carboxylic acids is 1. The summed E-state index contributed by atoms with van der Waals surface area (Å²) in [4.78, 5) is 14.7. The molecule has 20 heavy (non-hydrogen) atoms. The Balaban J connectivity index is 1.79. The van der Waals surface area contributed by atoms with Crippen molar-refractivity contribution < 1.29 is 9.90 Å². The summed E-state index contributed by atoms with van der Waals surface area (Å²) in [6.07, 6.45) is 4.50. The minimum Gasteiger partial charge on any atom is -0.507 e. The molecule has 1 heterocycles. The third kappa shape index (κ3) is 2.80. The van der Waals surface area contributed by atoms with Crippen molar-refractivity contribution in [2.45, 2.75) is 44.7 Å². The van der Waals surface area contributed by atoms with E-state index in [1.165, 1.54) is 6.42 Å². The van der Waals surface area contributed by atoms with Gasteiger partial charge in [-0.3, -0.25) is 4.79 Å². The smallest absolute Gasteiger partial charge is 0.257 e. The third-order valence-corrected chi connectivity index (χ3v) is 4.21. The molecule has 2 N–H and O–H groups in total. The fourth-order valence-electron chi connectivity index (χ4n) is 2.91. The molecular formula is C16H22N2O2. The number of hydrogen-bond acceptors (Lipinski definition) is 3. The maximum Gasteiger partial charge on any atom is 0.257 e. The molecule has 2 fully saturated rings. The second-order valence-electron chi connectivity index (χ2n) is 6.00. The summed E-state index contributed by atoms with van der Waals surface area (Å²) in [6.45, 7) is 3.75. The first-order valence-electron chi connectivity index (χ1n) is 7.49. The largest absolute Gasteiger partial charge is 0.507 e. The molecule has 1 aromatic carbocycles. The first-order chi connectivity index (χ1) is 9.65. The Morgan fingerprint density at radius 1 is 1.40 bits per heavy atom. The highest BCUT2D eigenvalue weighted by molar-refractivity contribution is 5.97. The second kappa shape index (κ2) is 5.44. The van der Waals surface area contributed by atoms with Crippen molar-refractivity contribution in [2.75, 3.05) is 13.1 Å². The Morgan fingerprint density at radius 3 is 2.85 bits per heavy atom. The molecule has 0 bridgehead atoms. The molecule has 1 aliphatic heterocycles. The number of carbonyl (C=O) groups is 1. The molecule has 1 aromatic rings. The van der Waals surface area contributed by atoms with Crippen LogP contribution in [0.15, 0.2) is 18.2 Å². The van der Waals surface area contributed by atoms with Crippen molar-refractivity contribution in [3.8, 4) is 5.75 Å². The van der Waals surface area contributed by atoms with Crippen molar-refractivity contribution in [1.82, 2.24) is 10.2 Å². The fourth-order valence-corrected chi connectivity index (χ4v) is 2.91. The minimum atomic E-state index is -0.0256. The lowest BCUT2D eigenvalue weighted by Gasteiger charge is -2.26. The highest BCUT2D eigenvalue weighted by Crippen LogP contribution is 2.31. The van der Waals surface area contributed by atoms with Crippen molar-refractivity contribution >= 4 is 5.91 Å². The predicted octanol–water partition coefficient (Wildman–Crippen LogP) is 2.06. The molecule has 1 aliphatic carbocycles. The maximum absolute atomic E-state index is 12.7. The molecule has 1 saturated carbocycles. The monoisotopic (exact) mass is 274 g/mol. The van der Waals surface area contributed by atoms with Gasteiger partial charge in [0.05, 0.1) is 5.56 Å². The van der Waals surface area contributed by atoms with Crippen molar-refractivity contribution in [1.29, 1.82) is 0 Å². The summed E-state index contributed by atoms with van der Waals surface area (Å²) < 4.78 is 0. The number of hydrogen-bond donors (Lipinski definition) is 2. The van der Waals surface area contributed by atoms with Crippen LogP contribution in [-0.2, 0) is 0 Å². The highest BCUT2D eigenvalue weighted by Gasteiger charge is 2.35. The van der Waals surface area contributed by atoms with E-state index in [1.807, 2.05) is 17.9 Å². The lowest BCUT2D eigenvalue weighted by molar-refractivity contribution is 0.0725. The molecule has 4 heteroatoms. The number of aromatic hydroxyl groups is 1. The number of phenols is 1. The van der Waals surface area contributed by atoms with Crippen LogP contribution in [0.4, 0.5) is 0 Å². The van der Waals surface area contributed by atoms with E-state index in [2.05, 4.69) is 5.32 Å². The lowest BCUT2D eigenvalue weighted by Crippen LogP contribution is -2.42. The maximum atomic E-state index is 12.7. The van der Waals surface area contributed by atoms with E-state index < -0.39 is 0 Å². The molecule has 1 amide bonds. The average molecular weight is 274 g/mol. The van der Waals surface area contributed by atoms with Crippen LogP contribution < -0.4 is 5.32 Å². The van der Waals surface area contributed by atoms with E-state index in [-0.39, 0.29) is 11.7 Å². The van der Waals surface area contributed by atoms with Gasteiger partial charge >= 0.3 is 0 Å².